The van der Waals surface area contributed by atoms with Gasteiger partial charge in [0, 0.05) is 22.5 Å². The first kappa shape index (κ1) is 17.7. The van der Waals surface area contributed by atoms with Crippen LogP contribution in [0.4, 0.5) is 5.69 Å². The molecular weight excluding hydrogens is 352 g/mol. The molecule has 0 spiro atoms. The molecule has 0 atom stereocenters. The van der Waals surface area contributed by atoms with Crippen LogP contribution in [0.5, 0.6) is 0 Å². The third kappa shape index (κ3) is 3.11. The quantitative estimate of drug-likeness (QED) is 0.341. The highest BCUT2D eigenvalue weighted by molar-refractivity contribution is 6.01. The van der Waals surface area contributed by atoms with Gasteiger partial charge in [0.15, 0.2) is 0 Å². The molecule has 3 aromatic carbocycles. The molecule has 0 amide bonds. The molecule has 0 aliphatic heterocycles. The molecule has 4 aromatic rings. The highest BCUT2D eigenvalue weighted by atomic mass is 15.0. The molecule has 0 N–H and O–H groups in total. The number of aliphatic imine (C=N–C) groups is 1. The van der Waals surface area contributed by atoms with Gasteiger partial charge in [0.05, 0.1) is 11.2 Å². The van der Waals surface area contributed by atoms with Crippen LogP contribution >= 0.6 is 0 Å². The van der Waals surface area contributed by atoms with Gasteiger partial charge < -0.3 is 4.57 Å². The van der Waals surface area contributed by atoms with Crippen LogP contribution in [0.15, 0.2) is 83.9 Å². The number of allylic oxidation sites excluding steroid dienone is 1. The summed E-state index contributed by atoms with van der Waals surface area (Å²) in [6.07, 6.45) is 6.78. The molecule has 5 rings (SSSR count). The first-order valence-corrected chi connectivity index (χ1v) is 10.2. The molecule has 2 nitrogen and oxygen atoms in total. The van der Waals surface area contributed by atoms with Crippen molar-refractivity contribution in [1.82, 2.24) is 4.57 Å². The molecule has 142 valence electrons. The molecular formula is C27H24N2. The van der Waals surface area contributed by atoms with Crippen LogP contribution in [-0.2, 0) is 6.42 Å². The van der Waals surface area contributed by atoms with Crippen molar-refractivity contribution in [2.45, 2.75) is 26.7 Å². The van der Waals surface area contributed by atoms with E-state index in [0.29, 0.717) is 0 Å². The zero-order valence-corrected chi connectivity index (χ0v) is 16.9. The molecule has 0 unspecified atom stereocenters. The summed E-state index contributed by atoms with van der Waals surface area (Å²) in [6, 6.07) is 25.7. The van der Waals surface area contributed by atoms with Crippen molar-refractivity contribution < 1.29 is 0 Å². The monoisotopic (exact) mass is 376 g/mol. The van der Waals surface area contributed by atoms with E-state index in [9.17, 15) is 0 Å². The summed E-state index contributed by atoms with van der Waals surface area (Å²) < 4.78 is 2.39. The zero-order chi connectivity index (χ0) is 19.8. The molecule has 0 saturated carbocycles. The zero-order valence-electron chi connectivity index (χ0n) is 16.9. The minimum Gasteiger partial charge on any atom is -0.310 e. The lowest BCUT2D eigenvalue weighted by Crippen LogP contribution is -2.02. The van der Waals surface area contributed by atoms with Gasteiger partial charge in [-0.15, -0.1) is 0 Å². The average molecular weight is 377 g/mol. The summed E-state index contributed by atoms with van der Waals surface area (Å²) in [5.74, 6) is 0. The standard InChI is InChI=1S/C27H24N2/c1-19-10-3-6-15-25(19)28-20(2)21-11-9-12-22(18-21)29-26-16-7-4-13-23(26)24-14-5-8-17-27(24)29/h3-4,6-13,15-18H,5,14H2,1-2H3. The maximum absolute atomic E-state index is 4.89. The minimum absolute atomic E-state index is 1.03. The number of para-hydroxylation sites is 2. The molecule has 0 radical (unpaired) electrons. The Kier molecular flexibility index (Phi) is 4.40. The summed E-state index contributed by atoms with van der Waals surface area (Å²) in [6.45, 7) is 4.20. The van der Waals surface area contributed by atoms with E-state index < -0.39 is 0 Å². The molecule has 1 aliphatic carbocycles. The fourth-order valence-electron chi connectivity index (χ4n) is 4.27. The first-order chi connectivity index (χ1) is 14.2. The van der Waals surface area contributed by atoms with Crippen molar-refractivity contribution in [3.8, 4) is 5.69 Å². The predicted molar refractivity (Wildman–Crippen MR) is 124 cm³/mol. The van der Waals surface area contributed by atoms with Crippen molar-refractivity contribution in [2.75, 3.05) is 0 Å². The van der Waals surface area contributed by atoms with Crippen LogP contribution in [-0.4, -0.2) is 10.3 Å². The van der Waals surface area contributed by atoms with Gasteiger partial charge >= 0.3 is 0 Å². The largest absolute Gasteiger partial charge is 0.310 e. The van der Waals surface area contributed by atoms with Gasteiger partial charge in [-0.1, -0.05) is 54.6 Å². The Morgan fingerprint density at radius 1 is 0.931 bits per heavy atom. The van der Waals surface area contributed by atoms with Crippen molar-refractivity contribution in [2.24, 2.45) is 4.99 Å². The van der Waals surface area contributed by atoms with E-state index in [4.69, 9.17) is 4.99 Å². The van der Waals surface area contributed by atoms with Crippen molar-refractivity contribution in [3.05, 3.63) is 101 Å². The third-order valence-corrected chi connectivity index (χ3v) is 5.78. The Morgan fingerprint density at radius 3 is 2.66 bits per heavy atom. The number of hydrogen-bond acceptors (Lipinski definition) is 1. The molecule has 1 aromatic heterocycles. The van der Waals surface area contributed by atoms with E-state index in [-0.39, 0.29) is 0 Å². The normalized spacial score (nSPS) is 13.7. The molecule has 1 heterocycles. The SMILES string of the molecule is CC(=Nc1ccccc1C)c1cccc(-n2c3c(c4ccccc42)CCC=C3)c1. The predicted octanol–water partition coefficient (Wildman–Crippen LogP) is 7.04. The van der Waals surface area contributed by atoms with Crippen molar-refractivity contribution in [3.63, 3.8) is 0 Å². The highest BCUT2D eigenvalue weighted by Gasteiger charge is 2.18. The van der Waals surface area contributed by atoms with E-state index >= 15 is 0 Å². The van der Waals surface area contributed by atoms with Crippen LogP contribution in [0.1, 0.15) is 35.7 Å². The number of aryl methyl sites for hydroxylation is 2. The summed E-state index contributed by atoms with van der Waals surface area (Å²) in [4.78, 5) is 4.89. The number of fused-ring (bicyclic) bond motifs is 3. The van der Waals surface area contributed by atoms with E-state index in [1.54, 1.807) is 0 Å². The summed E-state index contributed by atoms with van der Waals surface area (Å²) >= 11 is 0. The second-order valence-corrected chi connectivity index (χ2v) is 7.69. The number of benzene rings is 3. The van der Waals surface area contributed by atoms with E-state index in [0.717, 1.165) is 29.8 Å². The van der Waals surface area contributed by atoms with Gasteiger partial charge in [0.25, 0.3) is 0 Å². The number of hydrogen-bond donors (Lipinski definition) is 0. The summed E-state index contributed by atoms with van der Waals surface area (Å²) in [5.41, 5.74) is 9.63. The first-order valence-electron chi connectivity index (χ1n) is 10.2. The lowest BCUT2D eigenvalue weighted by Gasteiger charge is -2.13. The maximum Gasteiger partial charge on any atom is 0.0662 e. The van der Waals surface area contributed by atoms with Crippen LogP contribution in [0.25, 0.3) is 22.7 Å². The second kappa shape index (κ2) is 7.21. The van der Waals surface area contributed by atoms with Crippen molar-refractivity contribution in [1.29, 1.82) is 0 Å². The van der Waals surface area contributed by atoms with Crippen molar-refractivity contribution >= 4 is 28.4 Å². The number of aromatic nitrogens is 1. The van der Waals surface area contributed by atoms with Gasteiger partial charge in [-0.25, -0.2) is 0 Å². The van der Waals surface area contributed by atoms with Crippen LogP contribution in [0.3, 0.4) is 0 Å². The van der Waals surface area contributed by atoms with Crippen LogP contribution in [0, 0.1) is 6.92 Å². The molecule has 1 aliphatic rings. The van der Waals surface area contributed by atoms with Gasteiger partial charge in [0.1, 0.15) is 0 Å². The van der Waals surface area contributed by atoms with E-state index in [1.807, 2.05) is 6.07 Å². The smallest absolute Gasteiger partial charge is 0.0662 e. The maximum atomic E-state index is 4.89. The average Bonchev–Trinajstić information content (AvgIpc) is 3.10. The fourth-order valence-corrected chi connectivity index (χ4v) is 4.27. The number of nitrogens with zero attached hydrogens (tertiary/aromatic N) is 2. The number of rotatable bonds is 3. The van der Waals surface area contributed by atoms with E-state index in [1.165, 1.54) is 33.4 Å². The van der Waals surface area contributed by atoms with E-state index in [2.05, 4.69) is 97.3 Å². The molecule has 0 bridgehead atoms. The Hall–Kier alpha value is -3.39. The highest BCUT2D eigenvalue weighted by Crippen LogP contribution is 2.34. The fraction of sp³-hybridized carbons (Fsp3) is 0.148. The van der Waals surface area contributed by atoms with Crippen LogP contribution in [0.2, 0.25) is 0 Å². The Bertz CT molecular complexity index is 1270. The van der Waals surface area contributed by atoms with Gasteiger partial charge in [-0.3, -0.25) is 4.99 Å². The minimum atomic E-state index is 1.03. The lowest BCUT2D eigenvalue weighted by atomic mass is 10.0. The second-order valence-electron chi connectivity index (χ2n) is 7.69. The van der Waals surface area contributed by atoms with Gasteiger partial charge in [-0.2, -0.15) is 0 Å². The Labute approximate surface area is 171 Å². The Morgan fingerprint density at radius 2 is 1.76 bits per heavy atom. The molecule has 0 fully saturated rings. The van der Waals surface area contributed by atoms with Gasteiger partial charge in [-0.05, 0) is 73.7 Å². The molecule has 0 saturated heterocycles. The van der Waals surface area contributed by atoms with Crippen LogP contribution < -0.4 is 0 Å². The molecule has 29 heavy (non-hydrogen) atoms. The summed E-state index contributed by atoms with van der Waals surface area (Å²) in [7, 11) is 0. The molecule has 2 heteroatoms. The third-order valence-electron chi connectivity index (χ3n) is 5.78. The topological polar surface area (TPSA) is 17.3 Å². The lowest BCUT2D eigenvalue weighted by molar-refractivity contribution is 0.967. The van der Waals surface area contributed by atoms with Gasteiger partial charge in [0.2, 0.25) is 0 Å². The summed E-state index contributed by atoms with van der Waals surface area (Å²) in [5, 5.41) is 1.36. The Balaban J connectivity index is 1.65.